The van der Waals surface area contributed by atoms with Crippen LogP contribution >= 0.6 is 0 Å². The summed E-state index contributed by atoms with van der Waals surface area (Å²) in [6.45, 7) is 6.22. The largest absolute Gasteiger partial charge is 0.497 e. The number of fused-ring (bicyclic) bond motifs is 1. The van der Waals surface area contributed by atoms with Gasteiger partial charge in [-0.2, -0.15) is 15.3 Å². The molecule has 0 unspecified atom stereocenters. The summed E-state index contributed by atoms with van der Waals surface area (Å²) in [6, 6.07) is 9.76. The fraction of sp³-hybridized carbons (Fsp3) is 0.353. The van der Waals surface area contributed by atoms with Gasteiger partial charge < -0.3 is 10.1 Å². The minimum absolute atomic E-state index is 0.201. The summed E-state index contributed by atoms with van der Waals surface area (Å²) in [7, 11) is 1.63. The lowest BCUT2D eigenvalue weighted by atomic mass is 9.84. The molecule has 23 heavy (non-hydrogen) atoms. The van der Waals surface area contributed by atoms with E-state index in [2.05, 4.69) is 42.2 Å². The number of hydrogen-bond acceptors (Lipinski definition) is 5. The number of nitrogens with one attached hydrogen (secondary N) is 1. The van der Waals surface area contributed by atoms with Crippen LogP contribution in [0.2, 0.25) is 0 Å². The molecule has 0 saturated carbocycles. The standard InChI is InChI=1S/C17H19N5O/c1-17(2,3)15-13(9-18)14(22-16(21-15)19-10-20-22)11-5-7-12(23-4)8-6-11/h5-8,10,14H,1-4H3,(H,19,20,21)/t14-/m1/s1. The highest BCUT2D eigenvalue weighted by molar-refractivity contribution is 5.54. The van der Waals surface area contributed by atoms with Crippen molar-refractivity contribution >= 4 is 5.95 Å². The molecule has 0 spiro atoms. The third-order valence-corrected chi connectivity index (χ3v) is 3.90. The highest BCUT2D eigenvalue weighted by Gasteiger charge is 2.35. The highest BCUT2D eigenvalue weighted by atomic mass is 16.5. The topological polar surface area (TPSA) is 75.8 Å². The number of ether oxygens (including phenoxy) is 1. The van der Waals surface area contributed by atoms with E-state index in [9.17, 15) is 5.26 Å². The molecule has 6 heteroatoms. The molecular formula is C17H19N5O. The van der Waals surface area contributed by atoms with E-state index in [1.165, 1.54) is 6.33 Å². The number of hydrogen-bond donors (Lipinski definition) is 1. The van der Waals surface area contributed by atoms with Crippen molar-refractivity contribution in [3.63, 3.8) is 0 Å². The van der Waals surface area contributed by atoms with Crippen molar-refractivity contribution < 1.29 is 4.74 Å². The molecule has 1 aromatic carbocycles. The maximum atomic E-state index is 9.79. The van der Waals surface area contributed by atoms with Gasteiger partial charge >= 0.3 is 0 Å². The summed E-state index contributed by atoms with van der Waals surface area (Å²) in [5.41, 5.74) is 2.30. The van der Waals surface area contributed by atoms with Crippen molar-refractivity contribution in [3.05, 3.63) is 47.4 Å². The predicted molar refractivity (Wildman–Crippen MR) is 86.9 cm³/mol. The highest BCUT2D eigenvalue weighted by Crippen LogP contribution is 2.40. The van der Waals surface area contributed by atoms with Gasteiger partial charge in [-0.05, 0) is 17.7 Å². The Morgan fingerprint density at radius 1 is 1.26 bits per heavy atom. The van der Waals surface area contributed by atoms with Crippen molar-refractivity contribution in [1.82, 2.24) is 14.8 Å². The average Bonchev–Trinajstić information content (AvgIpc) is 3.00. The second-order valence-electron chi connectivity index (χ2n) is 6.48. The lowest BCUT2D eigenvalue weighted by Crippen LogP contribution is -2.30. The Morgan fingerprint density at radius 2 is 1.96 bits per heavy atom. The molecule has 0 radical (unpaired) electrons. The van der Waals surface area contributed by atoms with Gasteiger partial charge in [0.15, 0.2) is 0 Å². The summed E-state index contributed by atoms with van der Waals surface area (Å²) in [5, 5.41) is 17.3. The van der Waals surface area contributed by atoms with E-state index in [0.717, 1.165) is 17.0 Å². The van der Waals surface area contributed by atoms with E-state index in [1.54, 1.807) is 11.8 Å². The van der Waals surface area contributed by atoms with Gasteiger partial charge in [0.2, 0.25) is 5.95 Å². The maximum absolute atomic E-state index is 9.79. The molecule has 1 atom stereocenters. The first-order valence-electron chi connectivity index (χ1n) is 7.41. The van der Waals surface area contributed by atoms with E-state index in [4.69, 9.17) is 4.74 Å². The van der Waals surface area contributed by atoms with Crippen molar-refractivity contribution in [2.24, 2.45) is 5.41 Å². The first-order chi connectivity index (χ1) is 11.0. The molecule has 1 aliphatic heterocycles. The molecule has 1 N–H and O–H groups in total. The minimum Gasteiger partial charge on any atom is -0.497 e. The van der Waals surface area contributed by atoms with Crippen LogP contribution in [0.4, 0.5) is 5.95 Å². The molecule has 2 heterocycles. The van der Waals surface area contributed by atoms with E-state index >= 15 is 0 Å². The van der Waals surface area contributed by atoms with Crippen LogP contribution < -0.4 is 10.1 Å². The van der Waals surface area contributed by atoms with Crippen LogP contribution in [0.15, 0.2) is 41.9 Å². The third-order valence-electron chi connectivity index (χ3n) is 3.90. The number of aromatic nitrogens is 3. The first kappa shape index (κ1) is 15.1. The zero-order valence-electron chi connectivity index (χ0n) is 13.7. The van der Waals surface area contributed by atoms with Crippen LogP contribution in [-0.4, -0.2) is 21.9 Å². The smallest absolute Gasteiger partial charge is 0.226 e. The quantitative estimate of drug-likeness (QED) is 0.922. The fourth-order valence-corrected chi connectivity index (χ4v) is 2.77. The molecule has 0 amide bonds. The Bertz CT molecular complexity index is 790. The maximum Gasteiger partial charge on any atom is 0.226 e. The van der Waals surface area contributed by atoms with E-state index in [0.29, 0.717) is 11.5 Å². The summed E-state index contributed by atoms with van der Waals surface area (Å²) >= 11 is 0. The number of nitrogens with zero attached hydrogens (tertiary/aromatic N) is 4. The van der Waals surface area contributed by atoms with Crippen molar-refractivity contribution in [1.29, 1.82) is 5.26 Å². The van der Waals surface area contributed by atoms with Crippen molar-refractivity contribution in [3.8, 4) is 11.8 Å². The summed E-state index contributed by atoms with van der Waals surface area (Å²) in [5.74, 6) is 1.43. The molecule has 2 aromatic rings. The molecule has 1 aromatic heterocycles. The van der Waals surface area contributed by atoms with Gasteiger partial charge in [0.1, 0.15) is 18.1 Å². The molecule has 6 nitrogen and oxygen atoms in total. The summed E-state index contributed by atoms with van der Waals surface area (Å²) < 4.78 is 6.96. The Morgan fingerprint density at radius 3 is 2.52 bits per heavy atom. The van der Waals surface area contributed by atoms with Gasteiger partial charge in [-0.25, -0.2) is 4.68 Å². The van der Waals surface area contributed by atoms with Gasteiger partial charge in [0, 0.05) is 11.1 Å². The van der Waals surface area contributed by atoms with Crippen LogP contribution in [0, 0.1) is 16.7 Å². The molecular weight excluding hydrogens is 290 g/mol. The first-order valence-corrected chi connectivity index (χ1v) is 7.41. The average molecular weight is 309 g/mol. The Kier molecular flexibility index (Phi) is 3.57. The number of allylic oxidation sites excluding steroid dienone is 2. The normalized spacial score (nSPS) is 17.3. The molecule has 3 rings (SSSR count). The van der Waals surface area contributed by atoms with Gasteiger partial charge in [-0.3, -0.25) is 0 Å². The van der Waals surface area contributed by atoms with Gasteiger partial charge in [-0.1, -0.05) is 32.9 Å². The molecule has 1 aliphatic rings. The Labute approximate surface area is 135 Å². The summed E-state index contributed by atoms with van der Waals surface area (Å²) in [4.78, 5) is 4.27. The zero-order valence-corrected chi connectivity index (χ0v) is 13.7. The minimum atomic E-state index is -0.293. The van der Waals surface area contributed by atoms with E-state index in [1.807, 2.05) is 24.3 Å². The second kappa shape index (κ2) is 5.43. The van der Waals surface area contributed by atoms with Crippen LogP contribution in [0.3, 0.4) is 0 Å². The second-order valence-corrected chi connectivity index (χ2v) is 6.48. The van der Waals surface area contributed by atoms with Gasteiger partial charge in [-0.15, -0.1) is 0 Å². The van der Waals surface area contributed by atoms with Gasteiger partial charge in [0.05, 0.1) is 18.8 Å². The third kappa shape index (κ3) is 2.55. The SMILES string of the molecule is COc1ccc([C@@H]2C(C#N)=C(C(C)(C)C)Nc3ncnn32)cc1. The van der Waals surface area contributed by atoms with Crippen LogP contribution in [0.25, 0.3) is 0 Å². The zero-order chi connectivity index (χ0) is 16.6. The number of nitriles is 1. The van der Waals surface area contributed by atoms with Gasteiger partial charge in [0.25, 0.3) is 0 Å². The monoisotopic (exact) mass is 309 g/mol. The predicted octanol–water partition coefficient (Wildman–Crippen LogP) is 3.13. The van der Waals surface area contributed by atoms with Crippen molar-refractivity contribution in [2.75, 3.05) is 12.4 Å². The van der Waals surface area contributed by atoms with E-state index < -0.39 is 0 Å². The summed E-state index contributed by atoms with van der Waals surface area (Å²) in [6.07, 6.45) is 1.50. The number of benzene rings is 1. The molecule has 118 valence electrons. The Hall–Kier alpha value is -2.81. The molecule has 0 saturated heterocycles. The molecule has 0 fully saturated rings. The lowest BCUT2D eigenvalue weighted by molar-refractivity contribution is 0.414. The number of rotatable bonds is 2. The Balaban J connectivity index is 2.19. The lowest BCUT2D eigenvalue weighted by Gasteiger charge is -2.33. The van der Waals surface area contributed by atoms with E-state index in [-0.39, 0.29) is 11.5 Å². The van der Waals surface area contributed by atoms with Crippen molar-refractivity contribution in [2.45, 2.75) is 26.8 Å². The van der Waals surface area contributed by atoms with Crippen LogP contribution in [-0.2, 0) is 0 Å². The molecule has 0 aliphatic carbocycles. The van der Waals surface area contributed by atoms with Crippen LogP contribution in [0.5, 0.6) is 5.75 Å². The number of methoxy groups -OCH3 is 1. The van der Waals surface area contributed by atoms with Crippen LogP contribution in [0.1, 0.15) is 32.4 Å². The fourth-order valence-electron chi connectivity index (χ4n) is 2.77. The molecule has 0 bridgehead atoms. The number of anilines is 1.